The predicted molar refractivity (Wildman–Crippen MR) is 106 cm³/mol. The van der Waals surface area contributed by atoms with Gasteiger partial charge in [-0.3, -0.25) is 4.79 Å². The van der Waals surface area contributed by atoms with Gasteiger partial charge in [-0.2, -0.15) is 0 Å². The standard InChI is InChI=1S/C12H26O2.C9H10O4/c1-2-3-4-5-6-7-8-9-10-12(14)11-13;1-9(8(12)13)4-2-3-6(5-9)7(10)11/h12-14H,2-11H2,1H3;2-4H,5H2,1H3,(H,10,11)(H,12,13). The van der Waals surface area contributed by atoms with Gasteiger partial charge in [0, 0.05) is 5.57 Å². The SMILES string of the molecule is CC1(C(=O)O)C=CC=C(C(=O)O)C1.CCCCCCCCCCC(O)CO. The zero-order valence-electron chi connectivity index (χ0n) is 16.7. The van der Waals surface area contributed by atoms with Gasteiger partial charge in [0.25, 0.3) is 0 Å². The van der Waals surface area contributed by atoms with E-state index < -0.39 is 23.5 Å². The lowest BCUT2D eigenvalue weighted by molar-refractivity contribution is -0.145. The van der Waals surface area contributed by atoms with Gasteiger partial charge in [-0.05, 0) is 19.8 Å². The van der Waals surface area contributed by atoms with Crippen molar-refractivity contribution >= 4 is 11.9 Å². The van der Waals surface area contributed by atoms with E-state index in [0.29, 0.717) is 0 Å². The molecule has 27 heavy (non-hydrogen) atoms. The van der Waals surface area contributed by atoms with Crippen molar-refractivity contribution in [1.82, 2.24) is 0 Å². The van der Waals surface area contributed by atoms with Gasteiger partial charge in [-0.1, -0.05) is 76.5 Å². The summed E-state index contributed by atoms with van der Waals surface area (Å²) in [5.41, 5.74) is -0.949. The Morgan fingerprint density at radius 2 is 1.63 bits per heavy atom. The Morgan fingerprint density at radius 3 is 2.11 bits per heavy atom. The lowest BCUT2D eigenvalue weighted by atomic mass is 9.80. The minimum atomic E-state index is -1.08. The third-order valence-electron chi connectivity index (χ3n) is 4.68. The summed E-state index contributed by atoms with van der Waals surface area (Å²) in [5, 5.41) is 35.1. The van der Waals surface area contributed by atoms with Crippen molar-refractivity contribution in [2.24, 2.45) is 5.41 Å². The molecule has 0 fully saturated rings. The van der Waals surface area contributed by atoms with E-state index in [0.717, 1.165) is 12.8 Å². The number of carbonyl (C=O) groups is 2. The summed E-state index contributed by atoms with van der Waals surface area (Å²) < 4.78 is 0. The molecule has 1 rings (SSSR count). The lowest BCUT2D eigenvalue weighted by Crippen LogP contribution is -2.28. The Labute approximate surface area is 162 Å². The molecule has 0 spiro atoms. The van der Waals surface area contributed by atoms with Crippen molar-refractivity contribution in [2.45, 2.75) is 84.2 Å². The Balaban J connectivity index is 0.000000501. The zero-order chi connectivity index (χ0) is 20.7. The van der Waals surface area contributed by atoms with Crippen molar-refractivity contribution < 1.29 is 30.0 Å². The average molecular weight is 385 g/mol. The topological polar surface area (TPSA) is 115 Å². The number of unbranched alkanes of at least 4 members (excludes halogenated alkanes) is 7. The molecule has 2 atom stereocenters. The number of rotatable bonds is 12. The molecule has 156 valence electrons. The van der Waals surface area contributed by atoms with Crippen LogP contribution in [0.5, 0.6) is 0 Å². The molecule has 6 nitrogen and oxygen atoms in total. The molecule has 0 aromatic carbocycles. The first kappa shape index (κ1) is 25.3. The van der Waals surface area contributed by atoms with Gasteiger partial charge in [-0.25, -0.2) is 4.79 Å². The number of aliphatic hydroxyl groups is 2. The van der Waals surface area contributed by atoms with Crippen LogP contribution in [0.2, 0.25) is 0 Å². The molecule has 2 unspecified atom stereocenters. The van der Waals surface area contributed by atoms with E-state index in [4.69, 9.17) is 20.4 Å². The highest BCUT2D eigenvalue weighted by molar-refractivity contribution is 5.90. The van der Waals surface area contributed by atoms with Crippen LogP contribution < -0.4 is 0 Å². The van der Waals surface area contributed by atoms with Gasteiger partial charge in [0.1, 0.15) is 0 Å². The van der Waals surface area contributed by atoms with Crippen LogP contribution in [0.15, 0.2) is 23.8 Å². The molecule has 0 heterocycles. The van der Waals surface area contributed by atoms with E-state index in [1.165, 1.54) is 70.1 Å². The summed E-state index contributed by atoms with van der Waals surface area (Å²) in [5.74, 6) is -2.06. The first-order valence-electron chi connectivity index (χ1n) is 9.90. The van der Waals surface area contributed by atoms with E-state index in [-0.39, 0.29) is 18.6 Å². The summed E-state index contributed by atoms with van der Waals surface area (Å²) in [7, 11) is 0. The fourth-order valence-electron chi connectivity index (χ4n) is 2.79. The van der Waals surface area contributed by atoms with Crippen LogP contribution in [0, 0.1) is 5.41 Å². The normalized spacial score (nSPS) is 19.6. The average Bonchev–Trinajstić information content (AvgIpc) is 2.64. The number of allylic oxidation sites excluding steroid dienone is 2. The quantitative estimate of drug-likeness (QED) is 0.379. The molecule has 0 bridgehead atoms. The lowest BCUT2D eigenvalue weighted by Gasteiger charge is -2.23. The van der Waals surface area contributed by atoms with E-state index in [2.05, 4.69) is 6.92 Å². The van der Waals surface area contributed by atoms with Crippen molar-refractivity contribution in [3.05, 3.63) is 23.8 Å². The van der Waals surface area contributed by atoms with Crippen LogP contribution in [-0.4, -0.2) is 45.1 Å². The van der Waals surface area contributed by atoms with E-state index >= 15 is 0 Å². The van der Waals surface area contributed by atoms with Gasteiger partial charge in [0.2, 0.25) is 0 Å². The number of hydrogen-bond donors (Lipinski definition) is 4. The smallest absolute Gasteiger partial charge is 0.331 e. The van der Waals surface area contributed by atoms with Crippen LogP contribution in [0.1, 0.15) is 78.1 Å². The van der Waals surface area contributed by atoms with Gasteiger partial charge in [0.15, 0.2) is 0 Å². The van der Waals surface area contributed by atoms with Gasteiger partial charge >= 0.3 is 11.9 Å². The summed E-state index contributed by atoms with van der Waals surface area (Å²) in [6.07, 6.45) is 15.0. The maximum Gasteiger partial charge on any atom is 0.331 e. The Kier molecular flexibility index (Phi) is 13.5. The van der Waals surface area contributed by atoms with Crippen molar-refractivity contribution in [3.63, 3.8) is 0 Å². The van der Waals surface area contributed by atoms with E-state index in [1.54, 1.807) is 0 Å². The number of carboxylic acid groups (broad SMARTS) is 2. The maximum atomic E-state index is 10.8. The molecule has 0 radical (unpaired) electrons. The number of carboxylic acids is 2. The van der Waals surface area contributed by atoms with Crippen molar-refractivity contribution in [2.75, 3.05) is 6.61 Å². The second kappa shape index (κ2) is 14.4. The first-order chi connectivity index (χ1) is 12.8. The predicted octanol–water partition coefficient (Wildman–Crippen LogP) is 3.92. The molecule has 0 saturated carbocycles. The molecule has 0 aliphatic heterocycles. The molecule has 6 heteroatoms. The molecular weight excluding hydrogens is 348 g/mol. The monoisotopic (exact) mass is 384 g/mol. The van der Waals surface area contributed by atoms with Gasteiger partial charge < -0.3 is 20.4 Å². The van der Waals surface area contributed by atoms with Crippen LogP contribution in [-0.2, 0) is 9.59 Å². The highest BCUT2D eigenvalue weighted by Crippen LogP contribution is 2.31. The molecule has 0 aromatic rings. The fourth-order valence-corrected chi connectivity index (χ4v) is 2.79. The highest BCUT2D eigenvalue weighted by atomic mass is 16.4. The maximum absolute atomic E-state index is 10.8. The molecular formula is C21H36O6. The Morgan fingerprint density at radius 1 is 1.07 bits per heavy atom. The van der Waals surface area contributed by atoms with Crippen LogP contribution in [0.3, 0.4) is 0 Å². The highest BCUT2D eigenvalue weighted by Gasteiger charge is 2.34. The van der Waals surface area contributed by atoms with Crippen LogP contribution >= 0.6 is 0 Å². The molecule has 0 saturated heterocycles. The summed E-state index contributed by atoms with van der Waals surface area (Å²) in [6.45, 7) is 3.65. The second-order valence-corrected chi connectivity index (χ2v) is 7.36. The third kappa shape index (κ3) is 11.6. The molecule has 4 N–H and O–H groups in total. The minimum absolute atomic E-state index is 0.0359. The number of aliphatic carboxylic acids is 2. The molecule has 0 aromatic heterocycles. The summed E-state index contributed by atoms with van der Waals surface area (Å²) >= 11 is 0. The molecule has 0 amide bonds. The van der Waals surface area contributed by atoms with E-state index in [9.17, 15) is 9.59 Å². The van der Waals surface area contributed by atoms with Crippen molar-refractivity contribution in [3.8, 4) is 0 Å². The number of aliphatic hydroxyl groups excluding tert-OH is 2. The molecule has 1 aliphatic carbocycles. The third-order valence-corrected chi connectivity index (χ3v) is 4.68. The Bertz CT molecular complexity index is 497. The van der Waals surface area contributed by atoms with E-state index in [1.807, 2.05) is 0 Å². The fraction of sp³-hybridized carbons (Fsp3) is 0.714. The van der Waals surface area contributed by atoms with Crippen LogP contribution in [0.4, 0.5) is 0 Å². The van der Waals surface area contributed by atoms with Crippen LogP contribution in [0.25, 0.3) is 0 Å². The first-order valence-corrected chi connectivity index (χ1v) is 9.90. The van der Waals surface area contributed by atoms with Crippen molar-refractivity contribution in [1.29, 1.82) is 0 Å². The zero-order valence-corrected chi connectivity index (χ0v) is 16.7. The molecule has 1 aliphatic rings. The van der Waals surface area contributed by atoms with Gasteiger partial charge in [-0.15, -0.1) is 0 Å². The summed E-state index contributed by atoms with van der Waals surface area (Å²) in [6, 6.07) is 0. The number of hydrogen-bond acceptors (Lipinski definition) is 4. The van der Waals surface area contributed by atoms with Gasteiger partial charge in [0.05, 0.1) is 18.1 Å². The second-order valence-electron chi connectivity index (χ2n) is 7.36. The largest absolute Gasteiger partial charge is 0.481 e. The summed E-state index contributed by atoms with van der Waals surface area (Å²) in [4.78, 5) is 21.3. The Hall–Kier alpha value is -1.66. The minimum Gasteiger partial charge on any atom is -0.481 e.